The molecule has 0 unspecified atom stereocenters. The van der Waals surface area contributed by atoms with Crippen LogP contribution in [0.4, 0.5) is 6.01 Å². The Morgan fingerprint density at radius 2 is 1.70 bits per heavy atom. The highest BCUT2D eigenvalue weighted by Crippen LogP contribution is 2.28. The van der Waals surface area contributed by atoms with Crippen molar-refractivity contribution in [1.29, 1.82) is 0 Å². The van der Waals surface area contributed by atoms with Gasteiger partial charge in [0, 0.05) is 19.0 Å². The summed E-state index contributed by atoms with van der Waals surface area (Å²) in [5.74, 6) is 0.654. The Labute approximate surface area is 160 Å². The van der Waals surface area contributed by atoms with Gasteiger partial charge >= 0.3 is 6.01 Å². The van der Waals surface area contributed by atoms with Crippen LogP contribution >= 0.6 is 0 Å². The van der Waals surface area contributed by atoms with E-state index < -0.39 is 6.04 Å². The maximum Gasteiger partial charge on any atom is 0.318 e. The number of aromatic nitrogens is 2. The Hall–Kier alpha value is -2.37. The molecule has 2 aliphatic rings. The number of carbonyl (C=O) groups excluding carboxylic acids is 1. The number of amides is 1. The van der Waals surface area contributed by atoms with Crippen molar-refractivity contribution in [1.82, 2.24) is 15.5 Å². The SMILES string of the molecule is O=C(N[C@H](c1ccccc1)c1nnc(N2CCCCC2)o1)C1CCCCC1. The van der Waals surface area contributed by atoms with Gasteiger partial charge in [-0.3, -0.25) is 4.79 Å². The third kappa shape index (κ3) is 4.31. The van der Waals surface area contributed by atoms with Crippen molar-refractivity contribution in [3.63, 3.8) is 0 Å². The lowest BCUT2D eigenvalue weighted by Gasteiger charge is -2.25. The van der Waals surface area contributed by atoms with Gasteiger partial charge in [-0.05, 0) is 37.7 Å². The molecule has 27 heavy (non-hydrogen) atoms. The molecule has 2 heterocycles. The summed E-state index contributed by atoms with van der Waals surface area (Å²) < 4.78 is 6.02. The van der Waals surface area contributed by atoms with E-state index in [-0.39, 0.29) is 11.8 Å². The largest absolute Gasteiger partial charge is 0.405 e. The van der Waals surface area contributed by atoms with Crippen molar-refractivity contribution in [3.8, 4) is 0 Å². The monoisotopic (exact) mass is 368 g/mol. The Morgan fingerprint density at radius 3 is 2.44 bits per heavy atom. The van der Waals surface area contributed by atoms with E-state index in [0.29, 0.717) is 11.9 Å². The lowest BCUT2D eigenvalue weighted by Crippen LogP contribution is -2.35. The lowest BCUT2D eigenvalue weighted by molar-refractivity contribution is -0.126. The van der Waals surface area contributed by atoms with E-state index in [4.69, 9.17) is 4.42 Å². The van der Waals surface area contributed by atoms with E-state index in [1.807, 2.05) is 30.3 Å². The predicted molar refractivity (Wildman–Crippen MR) is 103 cm³/mol. The second-order valence-electron chi connectivity index (χ2n) is 7.66. The van der Waals surface area contributed by atoms with Gasteiger partial charge in [0.25, 0.3) is 0 Å². The third-order valence-electron chi connectivity index (χ3n) is 5.70. The second kappa shape index (κ2) is 8.55. The first-order valence-corrected chi connectivity index (χ1v) is 10.2. The fourth-order valence-electron chi connectivity index (χ4n) is 4.11. The molecule has 1 aromatic carbocycles. The molecular formula is C21H28N4O2. The highest BCUT2D eigenvalue weighted by molar-refractivity contribution is 5.79. The maximum atomic E-state index is 12.9. The Kier molecular flexibility index (Phi) is 5.70. The van der Waals surface area contributed by atoms with E-state index >= 15 is 0 Å². The molecule has 2 aromatic rings. The van der Waals surface area contributed by atoms with Gasteiger partial charge in [0.1, 0.15) is 6.04 Å². The quantitative estimate of drug-likeness (QED) is 0.868. The minimum Gasteiger partial charge on any atom is -0.405 e. The highest BCUT2D eigenvalue weighted by Gasteiger charge is 2.28. The number of hydrogen-bond acceptors (Lipinski definition) is 5. The number of benzene rings is 1. The van der Waals surface area contributed by atoms with Gasteiger partial charge < -0.3 is 14.6 Å². The van der Waals surface area contributed by atoms with Gasteiger partial charge in [-0.25, -0.2) is 0 Å². The molecule has 0 bridgehead atoms. The first kappa shape index (κ1) is 18.0. The molecule has 1 atom stereocenters. The summed E-state index contributed by atoms with van der Waals surface area (Å²) in [6.07, 6.45) is 8.99. The van der Waals surface area contributed by atoms with Gasteiger partial charge in [-0.15, -0.1) is 5.10 Å². The fourth-order valence-corrected chi connectivity index (χ4v) is 4.11. The molecule has 1 saturated carbocycles. The van der Waals surface area contributed by atoms with Crippen LogP contribution in [0, 0.1) is 5.92 Å². The summed E-state index contributed by atoms with van der Waals surface area (Å²) in [4.78, 5) is 15.0. The van der Waals surface area contributed by atoms with Crippen molar-refractivity contribution >= 4 is 11.9 Å². The Balaban J connectivity index is 1.55. The number of piperidine rings is 1. The smallest absolute Gasteiger partial charge is 0.318 e. The molecule has 1 aromatic heterocycles. The van der Waals surface area contributed by atoms with Crippen LogP contribution in [0.3, 0.4) is 0 Å². The summed E-state index contributed by atoms with van der Waals surface area (Å²) >= 11 is 0. The predicted octanol–water partition coefficient (Wildman–Crippen LogP) is 3.85. The zero-order valence-electron chi connectivity index (χ0n) is 15.8. The Bertz CT molecular complexity index is 734. The number of anilines is 1. The molecule has 1 N–H and O–H groups in total. The van der Waals surface area contributed by atoms with Crippen LogP contribution < -0.4 is 10.2 Å². The molecule has 1 amide bonds. The van der Waals surface area contributed by atoms with Gasteiger partial charge in [0.2, 0.25) is 11.8 Å². The van der Waals surface area contributed by atoms with Crippen LogP contribution in [0.1, 0.15) is 68.9 Å². The minimum atomic E-state index is -0.397. The van der Waals surface area contributed by atoms with Gasteiger partial charge in [0.15, 0.2) is 0 Å². The summed E-state index contributed by atoms with van der Waals surface area (Å²) in [6.45, 7) is 1.90. The average Bonchev–Trinajstić information content (AvgIpc) is 3.24. The number of carbonyl (C=O) groups is 1. The van der Waals surface area contributed by atoms with Crippen LogP contribution in [-0.4, -0.2) is 29.2 Å². The fraction of sp³-hybridized carbons (Fsp3) is 0.571. The molecule has 144 valence electrons. The minimum absolute atomic E-state index is 0.0921. The molecule has 4 rings (SSSR count). The number of nitrogens with zero attached hydrogens (tertiary/aromatic N) is 3. The van der Waals surface area contributed by atoms with Gasteiger partial charge in [-0.1, -0.05) is 54.7 Å². The normalized spacial score (nSPS) is 19.6. The molecule has 1 aliphatic heterocycles. The lowest BCUT2D eigenvalue weighted by atomic mass is 9.88. The van der Waals surface area contributed by atoms with Crippen molar-refractivity contribution in [2.45, 2.75) is 57.4 Å². The average molecular weight is 368 g/mol. The van der Waals surface area contributed by atoms with E-state index in [1.165, 1.54) is 12.8 Å². The summed E-state index contributed by atoms with van der Waals surface area (Å²) in [5, 5.41) is 11.7. The molecule has 6 nitrogen and oxygen atoms in total. The third-order valence-corrected chi connectivity index (χ3v) is 5.70. The molecular weight excluding hydrogens is 340 g/mol. The van der Waals surface area contributed by atoms with E-state index in [9.17, 15) is 4.79 Å². The van der Waals surface area contributed by atoms with Gasteiger partial charge in [-0.2, -0.15) is 0 Å². The molecule has 1 saturated heterocycles. The van der Waals surface area contributed by atoms with Gasteiger partial charge in [0.05, 0.1) is 0 Å². The second-order valence-corrected chi connectivity index (χ2v) is 7.66. The topological polar surface area (TPSA) is 71.3 Å². The van der Waals surface area contributed by atoms with Crippen LogP contribution in [0.2, 0.25) is 0 Å². The number of nitrogens with one attached hydrogen (secondary N) is 1. The molecule has 6 heteroatoms. The first-order valence-electron chi connectivity index (χ1n) is 10.2. The standard InChI is InChI=1S/C21H28N4O2/c26-19(17-12-6-2-7-13-17)22-18(16-10-4-1-5-11-16)20-23-24-21(27-20)25-14-8-3-9-15-25/h1,4-5,10-11,17-18H,2-3,6-9,12-15H2,(H,22,26)/t18-/m1/s1. The molecule has 0 radical (unpaired) electrons. The van der Waals surface area contributed by atoms with E-state index in [1.54, 1.807) is 0 Å². The van der Waals surface area contributed by atoms with Crippen molar-refractivity contribution in [2.24, 2.45) is 5.92 Å². The van der Waals surface area contributed by atoms with Crippen LogP contribution in [0.25, 0.3) is 0 Å². The van der Waals surface area contributed by atoms with Crippen LogP contribution in [0.15, 0.2) is 34.7 Å². The maximum absolute atomic E-state index is 12.9. The Morgan fingerprint density at radius 1 is 1.00 bits per heavy atom. The number of rotatable bonds is 5. The molecule has 0 spiro atoms. The highest BCUT2D eigenvalue weighted by atomic mass is 16.4. The van der Waals surface area contributed by atoms with Crippen molar-refractivity contribution in [2.75, 3.05) is 18.0 Å². The number of hydrogen-bond donors (Lipinski definition) is 1. The molecule has 1 aliphatic carbocycles. The first-order chi connectivity index (χ1) is 13.3. The zero-order valence-corrected chi connectivity index (χ0v) is 15.8. The summed E-state index contributed by atoms with van der Waals surface area (Å²) in [7, 11) is 0. The van der Waals surface area contributed by atoms with Crippen molar-refractivity contribution < 1.29 is 9.21 Å². The van der Waals surface area contributed by atoms with E-state index in [2.05, 4.69) is 20.4 Å². The molecule has 2 fully saturated rings. The van der Waals surface area contributed by atoms with Crippen molar-refractivity contribution in [3.05, 3.63) is 41.8 Å². The summed E-state index contributed by atoms with van der Waals surface area (Å²) in [6, 6.07) is 10.1. The summed E-state index contributed by atoms with van der Waals surface area (Å²) in [5.41, 5.74) is 0.968. The van der Waals surface area contributed by atoms with Crippen LogP contribution in [-0.2, 0) is 4.79 Å². The van der Waals surface area contributed by atoms with Crippen LogP contribution in [0.5, 0.6) is 0 Å². The van der Waals surface area contributed by atoms with E-state index in [0.717, 1.165) is 57.2 Å². The zero-order chi connectivity index (χ0) is 18.5.